The van der Waals surface area contributed by atoms with E-state index >= 15 is 0 Å². The molecule has 174 valence electrons. The number of hydrogen-bond donors (Lipinski definition) is 1. The van der Waals surface area contributed by atoms with E-state index in [1.165, 1.54) is 30.3 Å². The molecule has 2 rings (SSSR count). The van der Waals surface area contributed by atoms with Gasteiger partial charge in [0.15, 0.2) is 5.75 Å². The molecule has 0 radical (unpaired) electrons. The number of amides is 1. The van der Waals surface area contributed by atoms with Gasteiger partial charge < -0.3 is 19.5 Å². The van der Waals surface area contributed by atoms with Crippen molar-refractivity contribution in [2.24, 2.45) is 0 Å². The summed E-state index contributed by atoms with van der Waals surface area (Å²) < 4.78 is 51.3. The highest BCUT2D eigenvalue weighted by molar-refractivity contribution is 6.55. The Labute approximate surface area is 201 Å². The van der Waals surface area contributed by atoms with Crippen LogP contribution in [0.3, 0.4) is 0 Å². The maximum absolute atomic E-state index is 12.2. The first-order valence-corrected chi connectivity index (χ1v) is 10.5. The summed E-state index contributed by atoms with van der Waals surface area (Å²) in [5, 5.41) is 3.10. The van der Waals surface area contributed by atoms with Gasteiger partial charge in [-0.3, -0.25) is 4.79 Å². The van der Waals surface area contributed by atoms with Gasteiger partial charge in [0.1, 0.15) is 22.6 Å². The van der Waals surface area contributed by atoms with E-state index in [1.807, 2.05) is 0 Å². The number of alkyl halides is 3. The predicted octanol–water partition coefficient (Wildman–Crippen LogP) is 6.79. The van der Waals surface area contributed by atoms with E-state index < -0.39 is 18.0 Å². The van der Waals surface area contributed by atoms with Crippen LogP contribution in [0.2, 0.25) is 10.0 Å². The Balaban J connectivity index is 1.77. The third-order valence-corrected chi connectivity index (χ3v) is 4.53. The number of carbonyl (C=O) groups is 1. The lowest BCUT2D eigenvalue weighted by atomic mass is 10.2. The molecule has 12 heteroatoms. The van der Waals surface area contributed by atoms with Crippen LogP contribution >= 0.6 is 46.4 Å². The second-order valence-electron chi connectivity index (χ2n) is 6.05. The van der Waals surface area contributed by atoms with Crippen molar-refractivity contribution in [1.29, 1.82) is 0 Å². The molecule has 2 aromatic rings. The number of carbonyl (C=O) groups excluding carboxylic acids is 1. The second-order valence-corrected chi connectivity index (χ2v) is 7.87. The van der Waals surface area contributed by atoms with Crippen LogP contribution in [0, 0.1) is 0 Å². The highest BCUT2D eigenvalue weighted by atomic mass is 35.5. The van der Waals surface area contributed by atoms with Gasteiger partial charge in [-0.25, -0.2) is 0 Å². The lowest BCUT2D eigenvalue weighted by molar-refractivity contribution is -0.274. The van der Waals surface area contributed by atoms with Gasteiger partial charge in [0.05, 0.1) is 16.7 Å². The summed E-state index contributed by atoms with van der Waals surface area (Å²) in [5.41, 5.74) is 0.187. The van der Waals surface area contributed by atoms with Gasteiger partial charge in [0, 0.05) is 24.2 Å². The smallest absolute Gasteiger partial charge is 0.490 e. The lowest BCUT2D eigenvalue weighted by Crippen LogP contribution is -2.25. The van der Waals surface area contributed by atoms with Crippen molar-refractivity contribution >= 4 is 52.3 Å². The van der Waals surface area contributed by atoms with Crippen molar-refractivity contribution in [2.45, 2.75) is 12.8 Å². The summed E-state index contributed by atoms with van der Waals surface area (Å²) in [4.78, 5) is 12.1. The summed E-state index contributed by atoms with van der Waals surface area (Å²) in [6, 6.07) is 7.62. The van der Waals surface area contributed by atoms with Crippen molar-refractivity contribution in [3.8, 4) is 17.2 Å². The lowest BCUT2D eigenvalue weighted by Gasteiger charge is -2.12. The molecule has 0 aliphatic carbocycles. The summed E-state index contributed by atoms with van der Waals surface area (Å²) in [5.74, 6) is -0.200. The van der Waals surface area contributed by atoms with Crippen LogP contribution in [0.4, 0.5) is 13.2 Å². The number of ether oxygens (including phenoxy) is 3. The summed E-state index contributed by atoms with van der Waals surface area (Å²) in [7, 11) is 0. The van der Waals surface area contributed by atoms with Crippen LogP contribution in [-0.4, -0.2) is 32.0 Å². The molecule has 0 saturated heterocycles. The minimum atomic E-state index is -4.79. The molecule has 32 heavy (non-hydrogen) atoms. The molecule has 0 aliphatic rings. The SMILES string of the molecule is O=C(NCCCOc1c(Cl)cc(OCC=C(Cl)Cl)cc1Cl)c1ccc(OC(F)(F)F)cc1. The van der Waals surface area contributed by atoms with Gasteiger partial charge in [0.25, 0.3) is 5.91 Å². The quantitative estimate of drug-likeness (QED) is 0.342. The van der Waals surface area contributed by atoms with Crippen LogP contribution in [-0.2, 0) is 0 Å². The van der Waals surface area contributed by atoms with Crippen LogP contribution in [0.15, 0.2) is 47.0 Å². The van der Waals surface area contributed by atoms with Crippen molar-refractivity contribution in [3.63, 3.8) is 0 Å². The standard InChI is InChI=1S/C20H16Cl4F3NO4/c21-15-10-14(30-9-6-17(23)24)11-16(22)18(15)31-8-1-7-28-19(29)12-2-4-13(5-3-12)32-20(25,26)27/h2-6,10-11H,1,7-9H2,(H,28,29). The molecule has 0 saturated carbocycles. The second kappa shape index (κ2) is 12.3. The zero-order valence-electron chi connectivity index (χ0n) is 16.1. The molecule has 2 aromatic carbocycles. The van der Waals surface area contributed by atoms with E-state index in [4.69, 9.17) is 55.9 Å². The van der Waals surface area contributed by atoms with Crippen molar-refractivity contribution < 1.29 is 32.2 Å². The summed E-state index contributed by atoms with van der Waals surface area (Å²) in [6.45, 7) is 0.581. The maximum Gasteiger partial charge on any atom is 0.573 e. The van der Waals surface area contributed by atoms with Crippen molar-refractivity contribution in [1.82, 2.24) is 5.32 Å². The van der Waals surface area contributed by atoms with Crippen LogP contribution < -0.4 is 19.5 Å². The zero-order chi connectivity index (χ0) is 23.7. The fourth-order valence-electron chi connectivity index (χ4n) is 2.32. The molecule has 1 N–H and O–H groups in total. The number of benzene rings is 2. The minimum Gasteiger partial charge on any atom is -0.490 e. The minimum absolute atomic E-state index is 0.0710. The molecule has 0 unspecified atom stereocenters. The third kappa shape index (κ3) is 9.24. The number of halogens is 7. The van der Waals surface area contributed by atoms with E-state index in [0.29, 0.717) is 12.2 Å². The molecule has 0 atom stereocenters. The molecular weight excluding hydrogens is 517 g/mol. The Morgan fingerprint density at radius 1 is 1.00 bits per heavy atom. The van der Waals surface area contributed by atoms with E-state index in [2.05, 4.69) is 10.1 Å². The topological polar surface area (TPSA) is 56.8 Å². The predicted molar refractivity (Wildman–Crippen MR) is 117 cm³/mol. The monoisotopic (exact) mass is 531 g/mol. The fourth-order valence-corrected chi connectivity index (χ4v) is 3.02. The molecule has 0 spiro atoms. The van der Waals surface area contributed by atoms with E-state index in [9.17, 15) is 18.0 Å². The average Bonchev–Trinajstić information content (AvgIpc) is 2.68. The number of rotatable bonds is 10. The first kappa shape index (κ1) is 26.3. The molecule has 0 fully saturated rings. The maximum atomic E-state index is 12.2. The van der Waals surface area contributed by atoms with Crippen LogP contribution in [0.25, 0.3) is 0 Å². The summed E-state index contributed by atoms with van der Waals surface area (Å²) in [6.07, 6.45) is -2.92. The van der Waals surface area contributed by atoms with Gasteiger partial charge in [0.2, 0.25) is 0 Å². The Morgan fingerprint density at radius 3 is 2.19 bits per heavy atom. The largest absolute Gasteiger partial charge is 0.573 e. The third-order valence-electron chi connectivity index (χ3n) is 3.66. The first-order chi connectivity index (χ1) is 15.0. The van der Waals surface area contributed by atoms with Gasteiger partial charge in [-0.15, -0.1) is 13.2 Å². The number of nitrogens with one attached hydrogen (secondary N) is 1. The average molecular weight is 533 g/mol. The number of hydrogen-bond acceptors (Lipinski definition) is 4. The van der Waals surface area contributed by atoms with Gasteiger partial charge in [-0.2, -0.15) is 0 Å². The van der Waals surface area contributed by atoms with Gasteiger partial charge in [-0.05, 0) is 36.8 Å². The fraction of sp³-hybridized carbons (Fsp3) is 0.250. The summed E-state index contributed by atoms with van der Waals surface area (Å²) >= 11 is 23.3. The molecule has 0 aromatic heterocycles. The van der Waals surface area contributed by atoms with Crippen LogP contribution in [0.1, 0.15) is 16.8 Å². The van der Waals surface area contributed by atoms with Crippen molar-refractivity contribution in [2.75, 3.05) is 19.8 Å². The highest BCUT2D eigenvalue weighted by Crippen LogP contribution is 2.37. The van der Waals surface area contributed by atoms with Gasteiger partial charge in [-0.1, -0.05) is 46.4 Å². The van der Waals surface area contributed by atoms with Crippen molar-refractivity contribution in [3.05, 3.63) is 62.6 Å². The van der Waals surface area contributed by atoms with Gasteiger partial charge >= 0.3 is 6.36 Å². The van der Waals surface area contributed by atoms with E-state index in [1.54, 1.807) is 0 Å². The molecule has 0 bridgehead atoms. The molecule has 0 heterocycles. The Morgan fingerprint density at radius 2 is 1.62 bits per heavy atom. The Kier molecular flexibility index (Phi) is 10.1. The highest BCUT2D eigenvalue weighted by Gasteiger charge is 2.31. The molecule has 5 nitrogen and oxygen atoms in total. The molecule has 0 aliphatic heterocycles. The van der Waals surface area contributed by atoms with E-state index in [0.717, 1.165) is 12.1 Å². The Bertz CT molecular complexity index is 926. The first-order valence-electron chi connectivity index (χ1n) is 8.95. The molecular formula is C20H16Cl4F3NO4. The van der Waals surface area contributed by atoms with E-state index in [-0.39, 0.29) is 45.6 Å². The Hall–Kier alpha value is -2.00. The van der Waals surface area contributed by atoms with Crippen LogP contribution in [0.5, 0.6) is 17.2 Å². The molecule has 1 amide bonds. The zero-order valence-corrected chi connectivity index (χ0v) is 19.2. The normalized spacial score (nSPS) is 11.0.